The molecule has 2 atom stereocenters. The number of fused-ring (bicyclic) bond motifs is 9. The van der Waals surface area contributed by atoms with Crippen molar-refractivity contribution in [1.29, 1.82) is 0 Å². The number of rotatable bonds is 5. The first-order chi connectivity index (χ1) is 28.2. The molecule has 11 aromatic rings. The maximum absolute atomic E-state index is 6.64. The number of nitrogens with zero attached hydrogens (tertiary/aromatic N) is 2. The van der Waals surface area contributed by atoms with Crippen molar-refractivity contribution in [3.05, 3.63) is 199 Å². The van der Waals surface area contributed by atoms with Crippen LogP contribution >= 0.6 is 11.3 Å². The Labute approximate surface area is 332 Å². The lowest BCUT2D eigenvalue weighted by Crippen LogP contribution is -2.45. The van der Waals surface area contributed by atoms with E-state index in [0.29, 0.717) is 0 Å². The van der Waals surface area contributed by atoms with Crippen LogP contribution in [0.1, 0.15) is 29.0 Å². The van der Waals surface area contributed by atoms with Crippen LogP contribution in [0.2, 0.25) is 0 Å². The zero-order valence-corrected chi connectivity index (χ0v) is 31.5. The van der Waals surface area contributed by atoms with E-state index in [9.17, 15) is 0 Å². The molecule has 0 aliphatic carbocycles. The number of hydrogen-bond acceptors (Lipinski definition) is 5. The highest BCUT2D eigenvalue weighted by molar-refractivity contribution is 7.25. The van der Waals surface area contributed by atoms with Crippen LogP contribution in [0.3, 0.4) is 0 Å². The van der Waals surface area contributed by atoms with E-state index in [-0.39, 0.29) is 12.3 Å². The Morgan fingerprint density at radius 2 is 1.21 bits per heavy atom. The van der Waals surface area contributed by atoms with E-state index in [1.54, 1.807) is 0 Å². The molecule has 2 unspecified atom stereocenters. The number of para-hydroxylation sites is 2. The van der Waals surface area contributed by atoms with Crippen LogP contribution in [0.5, 0.6) is 0 Å². The van der Waals surface area contributed by atoms with Gasteiger partial charge in [0, 0.05) is 58.5 Å². The molecule has 2 N–H and O–H groups in total. The highest BCUT2D eigenvalue weighted by Gasteiger charge is 2.28. The molecule has 5 nitrogen and oxygen atoms in total. The topological polar surface area (TPSA) is 54.5 Å². The van der Waals surface area contributed by atoms with E-state index in [1.165, 1.54) is 53.2 Å². The van der Waals surface area contributed by atoms with Crippen molar-refractivity contribution < 1.29 is 4.42 Å². The molecule has 57 heavy (non-hydrogen) atoms. The number of hydrogen-bond donors (Lipinski definition) is 2. The van der Waals surface area contributed by atoms with Crippen molar-refractivity contribution in [3.8, 4) is 16.8 Å². The van der Waals surface area contributed by atoms with Crippen LogP contribution in [-0.2, 0) is 0 Å². The van der Waals surface area contributed by atoms with Gasteiger partial charge >= 0.3 is 0 Å². The van der Waals surface area contributed by atoms with Gasteiger partial charge < -0.3 is 14.3 Å². The van der Waals surface area contributed by atoms with Gasteiger partial charge in [0.1, 0.15) is 29.3 Å². The maximum Gasteiger partial charge on any atom is 0.136 e. The molecule has 6 heteroatoms. The van der Waals surface area contributed by atoms with Crippen molar-refractivity contribution in [1.82, 2.24) is 15.2 Å². The van der Waals surface area contributed by atoms with E-state index in [2.05, 4.69) is 185 Å². The molecule has 0 saturated carbocycles. The summed E-state index contributed by atoms with van der Waals surface area (Å²) in [5.41, 5.74) is 10.9. The van der Waals surface area contributed by atoms with E-state index in [0.717, 1.165) is 50.0 Å². The second-order valence-electron chi connectivity index (χ2n) is 14.8. The lowest BCUT2D eigenvalue weighted by Gasteiger charge is -2.32. The van der Waals surface area contributed by atoms with Gasteiger partial charge in [-0.15, -0.1) is 11.3 Å². The van der Waals surface area contributed by atoms with Gasteiger partial charge in [-0.1, -0.05) is 127 Å². The van der Waals surface area contributed by atoms with Crippen LogP contribution < -0.4 is 10.6 Å². The molecule has 1 aliphatic heterocycles. The number of furan rings is 1. The van der Waals surface area contributed by atoms with Gasteiger partial charge in [0.15, 0.2) is 0 Å². The molecule has 8 aromatic carbocycles. The zero-order valence-electron chi connectivity index (χ0n) is 30.7. The van der Waals surface area contributed by atoms with E-state index >= 15 is 0 Å². The minimum atomic E-state index is -0.212. The second-order valence-corrected chi connectivity index (χ2v) is 15.9. The Kier molecular flexibility index (Phi) is 7.24. The second kappa shape index (κ2) is 12.8. The third kappa shape index (κ3) is 5.22. The molecule has 1 aliphatic rings. The largest absolute Gasteiger partial charge is 0.456 e. The van der Waals surface area contributed by atoms with Crippen molar-refractivity contribution in [3.63, 3.8) is 0 Å². The Morgan fingerprint density at radius 1 is 0.509 bits per heavy atom. The summed E-state index contributed by atoms with van der Waals surface area (Å²) < 4.78 is 11.6. The first kappa shape index (κ1) is 32.3. The summed E-state index contributed by atoms with van der Waals surface area (Å²) in [7, 11) is 0. The number of aromatic nitrogens is 1. The fourth-order valence-corrected chi connectivity index (χ4v) is 9.95. The lowest BCUT2D eigenvalue weighted by atomic mass is 9.99. The minimum Gasteiger partial charge on any atom is -0.456 e. The summed E-state index contributed by atoms with van der Waals surface area (Å²) in [5.74, 6) is 0.861. The van der Waals surface area contributed by atoms with Gasteiger partial charge in [0.05, 0.1) is 11.0 Å². The van der Waals surface area contributed by atoms with Crippen molar-refractivity contribution >= 4 is 81.1 Å². The summed E-state index contributed by atoms with van der Waals surface area (Å²) in [5, 5.41) is 14.8. The molecule has 0 fully saturated rings. The normalized spacial score (nSPS) is 15.9. The highest BCUT2D eigenvalue weighted by atomic mass is 32.1. The van der Waals surface area contributed by atoms with Gasteiger partial charge in [-0.05, 0) is 71.3 Å². The number of aliphatic imine (C=N–C) groups is 1. The highest BCUT2D eigenvalue weighted by Crippen LogP contribution is 2.41. The Hall–Kier alpha value is -6.99. The molecule has 0 radical (unpaired) electrons. The van der Waals surface area contributed by atoms with Crippen molar-refractivity contribution in [2.24, 2.45) is 4.99 Å². The predicted molar refractivity (Wildman–Crippen MR) is 238 cm³/mol. The quantitative estimate of drug-likeness (QED) is 0.184. The van der Waals surface area contributed by atoms with Crippen LogP contribution in [0.15, 0.2) is 191 Å². The molecule has 0 spiro atoms. The molecule has 0 amide bonds. The third-order valence-corrected chi connectivity index (χ3v) is 12.6. The predicted octanol–water partition coefficient (Wildman–Crippen LogP) is 13.1. The average Bonchev–Trinajstić information content (AvgIpc) is 3.95. The molecular weight excluding hydrogens is 717 g/mol. The minimum absolute atomic E-state index is 0.197. The van der Waals surface area contributed by atoms with Crippen molar-refractivity contribution in [2.45, 2.75) is 12.3 Å². The monoisotopic (exact) mass is 750 g/mol. The van der Waals surface area contributed by atoms with Gasteiger partial charge in [-0.25, -0.2) is 4.99 Å². The third-order valence-electron chi connectivity index (χ3n) is 11.5. The van der Waals surface area contributed by atoms with Crippen LogP contribution in [0.25, 0.3) is 80.7 Å². The maximum atomic E-state index is 6.64. The van der Waals surface area contributed by atoms with Gasteiger partial charge in [0.25, 0.3) is 0 Å². The molecular formula is C51H34N4OS. The number of thiophene rings is 1. The fraction of sp³-hybridized carbons (Fsp3) is 0.0392. The number of amidine groups is 1. The van der Waals surface area contributed by atoms with E-state index in [4.69, 9.17) is 9.41 Å². The number of nitrogens with one attached hydrogen (secondary N) is 2. The molecule has 3 aromatic heterocycles. The van der Waals surface area contributed by atoms with Crippen LogP contribution in [-0.4, -0.2) is 10.4 Å². The fourth-order valence-electron chi connectivity index (χ4n) is 8.83. The first-order valence-electron chi connectivity index (χ1n) is 19.3. The van der Waals surface area contributed by atoms with Crippen molar-refractivity contribution in [2.75, 3.05) is 0 Å². The Bertz CT molecular complexity index is 3320. The summed E-state index contributed by atoms with van der Waals surface area (Å²) >= 11 is 1.85. The summed E-state index contributed by atoms with van der Waals surface area (Å²) in [6.07, 6.45) is -0.409. The molecule has 0 bridgehead atoms. The molecule has 0 saturated heterocycles. The average molecular weight is 751 g/mol. The molecule has 4 heterocycles. The van der Waals surface area contributed by atoms with Gasteiger partial charge in [-0.3, -0.25) is 5.32 Å². The Morgan fingerprint density at radius 3 is 2.02 bits per heavy atom. The summed E-state index contributed by atoms with van der Waals surface area (Å²) in [4.78, 5) is 5.12. The van der Waals surface area contributed by atoms with Gasteiger partial charge in [-0.2, -0.15) is 0 Å². The lowest BCUT2D eigenvalue weighted by molar-refractivity contribution is 0.411. The van der Waals surface area contributed by atoms with Crippen LogP contribution in [0.4, 0.5) is 0 Å². The summed E-state index contributed by atoms with van der Waals surface area (Å²) in [6.45, 7) is 0. The van der Waals surface area contributed by atoms with Crippen LogP contribution in [0, 0.1) is 0 Å². The summed E-state index contributed by atoms with van der Waals surface area (Å²) in [6, 6.07) is 64.9. The molecule has 270 valence electrons. The van der Waals surface area contributed by atoms with E-state index in [1.807, 2.05) is 23.5 Å². The van der Waals surface area contributed by atoms with E-state index < -0.39 is 0 Å². The molecule has 12 rings (SSSR count). The smallest absolute Gasteiger partial charge is 0.136 e. The Balaban J connectivity index is 0.922. The van der Waals surface area contributed by atoms with Gasteiger partial charge in [0.2, 0.25) is 0 Å². The first-order valence-corrected chi connectivity index (χ1v) is 20.2. The zero-order chi connectivity index (χ0) is 37.5. The standard InChI is InChI=1S/C51H34N4OS/c1-3-12-31(13-4-1)49-52-50(32-14-5-2-6-15-32)54-51(53-49)40-18-11-21-44-48(40)39-25-22-34(29-45(39)56-44)33-23-27-46-41(28-33)38-26-24-35(30-47(38)57-46)55-42-19-9-7-16-36(42)37-17-8-10-20-43(37)55/h1-30,49,51,53H,(H,52,54). The number of benzene rings is 8. The SMILES string of the molecule is c1ccc(C2=NC(c3ccccc3)NC(c3cccc4oc5cc(-c6ccc7sc8cc(-n9c%10ccccc%10c%10ccccc%109)ccc8c7c6)ccc5c34)N2)cc1.